The number of nitrogens with zero attached hydrogens (tertiary/aromatic N) is 1. The topological polar surface area (TPSA) is 35.8 Å². The molecule has 1 atom stereocenters. The van der Waals surface area contributed by atoms with Crippen LogP contribution in [0.3, 0.4) is 0 Å². The molecule has 2 nitrogen and oxygen atoms in total. The maximum absolute atomic E-state index is 13.7. The Hall–Kier alpha value is -2.05. The van der Waals surface area contributed by atoms with Crippen molar-refractivity contribution in [2.45, 2.75) is 5.92 Å². The maximum atomic E-state index is 13.7. The molecule has 1 unspecified atom stereocenters. The van der Waals surface area contributed by atoms with Gasteiger partial charge in [-0.1, -0.05) is 48.0 Å². The molecule has 19 heavy (non-hydrogen) atoms. The molecule has 0 aliphatic carbocycles. The van der Waals surface area contributed by atoms with Gasteiger partial charge < -0.3 is 5.32 Å². The fraction of sp³-hybridized carbons (Fsp3) is 0.133. The summed E-state index contributed by atoms with van der Waals surface area (Å²) in [6, 6.07) is 16.4. The highest BCUT2D eigenvalue weighted by Crippen LogP contribution is 2.23. The minimum Gasteiger partial charge on any atom is -0.381 e. The van der Waals surface area contributed by atoms with E-state index in [1.165, 1.54) is 6.07 Å². The highest BCUT2D eigenvalue weighted by molar-refractivity contribution is 6.31. The van der Waals surface area contributed by atoms with E-state index in [2.05, 4.69) is 11.4 Å². The summed E-state index contributed by atoms with van der Waals surface area (Å²) in [5.41, 5.74) is 1.21. The van der Waals surface area contributed by atoms with Gasteiger partial charge in [-0.15, -0.1) is 0 Å². The van der Waals surface area contributed by atoms with Gasteiger partial charge in [0, 0.05) is 6.54 Å². The molecular formula is C15H12ClFN2. The third-order valence-corrected chi connectivity index (χ3v) is 3.10. The quantitative estimate of drug-likeness (QED) is 0.907. The third-order valence-electron chi connectivity index (χ3n) is 2.81. The largest absolute Gasteiger partial charge is 0.381 e. The van der Waals surface area contributed by atoms with Gasteiger partial charge in [-0.3, -0.25) is 0 Å². The predicted octanol–water partition coefficient (Wildman–Crippen LogP) is 4.20. The lowest BCUT2D eigenvalue weighted by atomic mass is 10.0. The van der Waals surface area contributed by atoms with Crippen molar-refractivity contribution < 1.29 is 4.39 Å². The first-order valence-electron chi connectivity index (χ1n) is 5.85. The second-order valence-corrected chi connectivity index (χ2v) is 4.48. The van der Waals surface area contributed by atoms with Gasteiger partial charge in [0.15, 0.2) is 5.82 Å². The van der Waals surface area contributed by atoms with E-state index in [9.17, 15) is 9.65 Å². The number of hydrogen-bond donors (Lipinski definition) is 1. The Bertz CT molecular complexity index is 593. The number of benzene rings is 2. The average molecular weight is 275 g/mol. The first-order chi connectivity index (χ1) is 9.22. The summed E-state index contributed by atoms with van der Waals surface area (Å²) in [7, 11) is 0. The molecule has 0 amide bonds. The standard InChI is InChI=1S/C15H12ClFN2/c16-13-7-4-8-14(15(13)17)19-10-12(9-18)11-5-2-1-3-6-11/h1-8,12,19H,10H2. The Labute approximate surface area is 116 Å². The fourth-order valence-corrected chi connectivity index (χ4v) is 1.95. The molecule has 0 fully saturated rings. The van der Waals surface area contributed by atoms with Crippen LogP contribution in [0.1, 0.15) is 11.5 Å². The van der Waals surface area contributed by atoms with Crippen molar-refractivity contribution in [3.63, 3.8) is 0 Å². The Morgan fingerprint density at radius 1 is 1.16 bits per heavy atom. The van der Waals surface area contributed by atoms with Crippen molar-refractivity contribution in [2.75, 3.05) is 11.9 Å². The minimum absolute atomic E-state index is 0.0678. The zero-order valence-corrected chi connectivity index (χ0v) is 10.9. The van der Waals surface area contributed by atoms with Gasteiger partial charge in [0.25, 0.3) is 0 Å². The molecule has 0 radical (unpaired) electrons. The smallest absolute Gasteiger partial charge is 0.164 e. The van der Waals surface area contributed by atoms with Gasteiger partial charge >= 0.3 is 0 Å². The number of nitrogens with one attached hydrogen (secondary N) is 1. The molecule has 0 spiro atoms. The number of nitriles is 1. The summed E-state index contributed by atoms with van der Waals surface area (Å²) in [5, 5.41) is 12.2. The van der Waals surface area contributed by atoms with Crippen LogP contribution in [0, 0.1) is 17.1 Å². The van der Waals surface area contributed by atoms with E-state index in [0.29, 0.717) is 12.2 Å². The molecule has 0 saturated heterocycles. The molecule has 0 bridgehead atoms. The lowest BCUT2D eigenvalue weighted by Crippen LogP contribution is -2.12. The third kappa shape index (κ3) is 3.24. The predicted molar refractivity (Wildman–Crippen MR) is 74.7 cm³/mol. The second-order valence-electron chi connectivity index (χ2n) is 4.07. The highest BCUT2D eigenvalue weighted by Gasteiger charge is 2.12. The van der Waals surface area contributed by atoms with E-state index < -0.39 is 5.82 Å². The van der Waals surface area contributed by atoms with E-state index in [1.807, 2.05) is 30.3 Å². The molecule has 2 aromatic carbocycles. The second kappa shape index (κ2) is 6.21. The SMILES string of the molecule is N#CC(CNc1cccc(Cl)c1F)c1ccccc1. The van der Waals surface area contributed by atoms with Crippen LogP contribution in [0.4, 0.5) is 10.1 Å². The van der Waals surface area contributed by atoms with Crippen LogP contribution >= 0.6 is 11.6 Å². The van der Waals surface area contributed by atoms with Crippen molar-refractivity contribution in [3.05, 3.63) is 64.9 Å². The van der Waals surface area contributed by atoms with E-state index in [4.69, 9.17) is 11.6 Å². The molecule has 0 aliphatic rings. The van der Waals surface area contributed by atoms with E-state index in [0.717, 1.165) is 5.56 Å². The van der Waals surface area contributed by atoms with Crippen LogP contribution < -0.4 is 5.32 Å². The van der Waals surface area contributed by atoms with Crippen LogP contribution in [0.5, 0.6) is 0 Å². The number of rotatable bonds is 4. The fourth-order valence-electron chi connectivity index (χ4n) is 1.78. The molecule has 1 N–H and O–H groups in total. The Morgan fingerprint density at radius 2 is 1.89 bits per heavy atom. The first kappa shape index (κ1) is 13.4. The zero-order valence-electron chi connectivity index (χ0n) is 10.1. The lowest BCUT2D eigenvalue weighted by Gasteiger charge is -2.12. The molecule has 96 valence electrons. The number of hydrogen-bond acceptors (Lipinski definition) is 2. The maximum Gasteiger partial charge on any atom is 0.164 e. The van der Waals surface area contributed by atoms with Gasteiger partial charge in [-0.05, 0) is 17.7 Å². The summed E-state index contributed by atoms with van der Waals surface area (Å²) < 4.78 is 13.7. The van der Waals surface area contributed by atoms with Crippen LogP contribution in [-0.2, 0) is 0 Å². The summed E-state index contributed by atoms with van der Waals surface area (Å²) in [6.07, 6.45) is 0. The molecule has 2 rings (SSSR count). The average Bonchev–Trinajstić information content (AvgIpc) is 2.45. The van der Waals surface area contributed by atoms with Gasteiger partial charge in [-0.2, -0.15) is 5.26 Å². The van der Waals surface area contributed by atoms with Crippen molar-refractivity contribution in [3.8, 4) is 6.07 Å². The summed E-state index contributed by atoms with van der Waals surface area (Å²) in [6.45, 7) is 0.331. The Balaban J connectivity index is 2.09. The van der Waals surface area contributed by atoms with Crippen LogP contribution in [0.2, 0.25) is 5.02 Å². The normalized spacial score (nSPS) is 11.6. The summed E-state index contributed by atoms with van der Waals surface area (Å²) in [4.78, 5) is 0. The van der Waals surface area contributed by atoms with Gasteiger partial charge in [-0.25, -0.2) is 4.39 Å². The first-order valence-corrected chi connectivity index (χ1v) is 6.22. The van der Waals surface area contributed by atoms with E-state index >= 15 is 0 Å². The van der Waals surface area contributed by atoms with Crippen LogP contribution in [-0.4, -0.2) is 6.54 Å². The monoisotopic (exact) mass is 274 g/mol. The van der Waals surface area contributed by atoms with E-state index in [1.54, 1.807) is 12.1 Å². The molecule has 0 aromatic heterocycles. The van der Waals surface area contributed by atoms with Gasteiger partial charge in [0.05, 0.1) is 22.7 Å². The molecular weight excluding hydrogens is 263 g/mol. The molecule has 4 heteroatoms. The van der Waals surface area contributed by atoms with Crippen molar-refractivity contribution >= 4 is 17.3 Å². The van der Waals surface area contributed by atoms with Gasteiger partial charge in [0.2, 0.25) is 0 Å². The minimum atomic E-state index is -0.492. The summed E-state index contributed by atoms with van der Waals surface area (Å²) >= 11 is 5.70. The molecule has 0 aliphatic heterocycles. The summed E-state index contributed by atoms with van der Waals surface area (Å²) in [5.74, 6) is -0.825. The zero-order chi connectivity index (χ0) is 13.7. The Morgan fingerprint density at radius 3 is 2.58 bits per heavy atom. The molecule has 2 aromatic rings. The molecule has 0 heterocycles. The van der Waals surface area contributed by atoms with Gasteiger partial charge in [0.1, 0.15) is 0 Å². The highest BCUT2D eigenvalue weighted by atomic mass is 35.5. The van der Waals surface area contributed by atoms with E-state index in [-0.39, 0.29) is 10.9 Å². The lowest BCUT2D eigenvalue weighted by molar-refractivity contribution is 0.630. The van der Waals surface area contributed by atoms with Crippen LogP contribution in [0.15, 0.2) is 48.5 Å². The molecule has 0 saturated carbocycles. The van der Waals surface area contributed by atoms with Crippen molar-refractivity contribution in [1.29, 1.82) is 5.26 Å². The number of halogens is 2. The number of anilines is 1. The Kier molecular flexibility index (Phi) is 4.38. The van der Waals surface area contributed by atoms with Crippen molar-refractivity contribution in [2.24, 2.45) is 0 Å². The van der Waals surface area contributed by atoms with Crippen LogP contribution in [0.25, 0.3) is 0 Å². The van der Waals surface area contributed by atoms with Crippen molar-refractivity contribution in [1.82, 2.24) is 0 Å².